The number of hydrogen-bond acceptors (Lipinski definition) is 2. The van der Waals surface area contributed by atoms with Crippen molar-refractivity contribution in [2.75, 3.05) is 18.5 Å². The Bertz CT molecular complexity index is 488. The van der Waals surface area contributed by atoms with Crippen LogP contribution in [-0.2, 0) is 0 Å². The van der Waals surface area contributed by atoms with Crippen molar-refractivity contribution >= 4 is 5.69 Å². The lowest BCUT2D eigenvalue weighted by molar-refractivity contribution is 0.340. The lowest BCUT2D eigenvalue weighted by Gasteiger charge is -2.35. The fourth-order valence-corrected chi connectivity index (χ4v) is 3.12. The van der Waals surface area contributed by atoms with Crippen molar-refractivity contribution in [3.05, 3.63) is 35.4 Å². The standard InChI is InChI=1S/C18H27NO/c1-5-20-16-10-6-9-15(12-16)19-13-17-14(2)8-7-11-18(17,3)4/h6,9-10,12,19H,5,7-8,11,13H2,1-4H3. The second-order valence-electron chi connectivity index (χ2n) is 6.31. The maximum absolute atomic E-state index is 5.55. The fraction of sp³-hybridized carbons (Fsp3) is 0.556. The predicted molar refractivity (Wildman–Crippen MR) is 86.4 cm³/mol. The molecule has 0 atom stereocenters. The van der Waals surface area contributed by atoms with Crippen molar-refractivity contribution in [1.29, 1.82) is 0 Å². The molecule has 1 aromatic rings. The van der Waals surface area contributed by atoms with E-state index in [4.69, 9.17) is 4.74 Å². The minimum absolute atomic E-state index is 0.326. The molecule has 0 heterocycles. The highest BCUT2D eigenvalue weighted by molar-refractivity contribution is 5.49. The quantitative estimate of drug-likeness (QED) is 0.760. The average molecular weight is 273 g/mol. The number of ether oxygens (including phenoxy) is 1. The van der Waals surface area contributed by atoms with E-state index < -0.39 is 0 Å². The summed E-state index contributed by atoms with van der Waals surface area (Å²) in [6.45, 7) is 10.7. The van der Waals surface area contributed by atoms with Crippen molar-refractivity contribution < 1.29 is 4.74 Å². The van der Waals surface area contributed by atoms with Gasteiger partial charge in [0.05, 0.1) is 6.61 Å². The summed E-state index contributed by atoms with van der Waals surface area (Å²) in [5, 5.41) is 3.56. The largest absolute Gasteiger partial charge is 0.494 e. The van der Waals surface area contributed by atoms with Gasteiger partial charge in [-0.3, -0.25) is 0 Å². The van der Waals surface area contributed by atoms with Crippen LogP contribution in [0.1, 0.15) is 47.0 Å². The summed E-state index contributed by atoms with van der Waals surface area (Å²) < 4.78 is 5.55. The van der Waals surface area contributed by atoms with Crippen molar-refractivity contribution in [3.63, 3.8) is 0 Å². The summed E-state index contributed by atoms with van der Waals surface area (Å²) in [6.07, 6.45) is 3.86. The van der Waals surface area contributed by atoms with Gasteiger partial charge in [0.25, 0.3) is 0 Å². The van der Waals surface area contributed by atoms with Crippen LogP contribution in [0.15, 0.2) is 35.4 Å². The normalized spacial score (nSPS) is 18.0. The Kier molecular flexibility index (Phi) is 4.74. The third-order valence-corrected chi connectivity index (χ3v) is 4.30. The lowest BCUT2D eigenvalue weighted by Crippen LogP contribution is -2.25. The highest BCUT2D eigenvalue weighted by Gasteiger charge is 2.27. The second-order valence-corrected chi connectivity index (χ2v) is 6.31. The number of benzene rings is 1. The van der Waals surface area contributed by atoms with E-state index in [0.29, 0.717) is 12.0 Å². The van der Waals surface area contributed by atoms with Gasteiger partial charge in [0, 0.05) is 18.3 Å². The SMILES string of the molecule is CCOc1cccc(NCC2=C(C)CCCC2(C)C)c1. The van der Waals surface area contributed by atoms with Crippen molar-refractivity contribution in [1.82, 2.24) is 0 Å². The summed E-state index contributed by atoms with van der Waals surface area (Å²) in [4.78, 5) is 0. The first-order valence-corrected chi connectivity index (χ1v) is 7.69. The van der Waals surface area contributed by atoms with Gasteiger partial charge in [0.15, 0.2) is 0 Å². The Hall–Kier alpha value is -1.44. The van der Waals surface area contributed by atoms with E-state index in [-0.39, 0.29) is 0 Å². The Morgan fingerprint density at radius 3 is 2.80 bits per heavy atom. The molecular formula is C18H27NO. The van der Waals surface area contributed by atoms with Crippen molar-refractivity contribution in [3.8, 4) is 5.75 Å². The van der Waals surface area contributed by atoms with E-state index in [1.807, 2.05) is 19.1 Å². The summed E-state index contributed by atoms with van der Waals surface area (Å²) >= 11 is 0. The van der Waals surface area contributed by atoms with E-state index in [0.717, 1.165) is 18.0 Å². The van der Waals surface area contributed by atoms with Gasteiger partial charge in [0.2, 0.25) is 0 Å². The molecule has 20 heavy (non-hydrogen) atoms. The van der Waals surface area contributed by atoms with Gasteiger partial charge in [-0.15, -0.1) is 0 Å². The molecule has 0 spiro atoms. The van der Waals surface area contributed by atoms with E-state index in [9.17, 15) is 0 Å². The highest BCUT2D eigenvalue weighted by Crippen LogP contribution is 2.40. The van der Waals surface area contributed by atoms with Crippen LogP contribution < -0.4 is 10.1 Å². The molecule has 0 saturated carbocycles. The van der Waals surface area contributed by atoms with Crippen LogP contribution in [0.3, 0.4) is 0 Å². The van der Waals surface area contributed by atoms with E-state index in [2.05, 4.69) is 38.2 Å². The van der Waals surface area contributed by atoms with Gasteiger partial charge >= 0.3 is 0 Å². The Labute approximate surface area is 123 Å². The molecule has 0 fully saturated rings. The summed E-state index contributed by atoms with van der Waals surface area (Å²) in [5.74, 6) is 0.936. The average Bonchev–Trinajstić information content (AvgIpc) is 2.38. The molecule has 1 aliphatic carbocycles. The lowest BCUT2D eigenvalue weighted by atomic mass is 9.73. The number of hydrogen-bond donors (Lipinski definition) is 1. The molecule has 0 amide bonds. The molecule has 0 aromatic heterocycles. The predicted octanol–water partition coefficient (Wildman–Crippen LogP) is 5.02. The maximum atomic E-state index is 5.55. The molecule has 0 aliphatic heterocycles. The van der Waals surface area contributed by atoms with E-state index in [1.54, 1.807) is 11.1 Å². The third kappa shape index (κ3) is 3.56. The first-order valence-electron chi connectivity index (χ1n) is 7.69. The van der Waals surface area contributed by atoms with Crippen LogP contribution in [0.4, 0.5) is 5.69 Å². The van der Waals surface area contributed by atoms with Gasteiger partial charge in [-0.05, 0) is 56.2 Å². The zero-order chi connectivity index (χ0) is 14.6. The topological polar surface area (TPSA) is 21.3 Å². The third-order valence-electron chi connectivity index (χ3n) is 4.30. The van der Waals surface area contributed by atoms with Crippen LogP contribution in [0.2, 0.25) is 0 Å². The maximum Gasteiger partial charge on any atom is 0.121 e. The van der Waals surface area contributed by atoms with Gasteiger partial charge in [-0.2, -0.15) is 0 Å². The number of allylic oxidation sites excluding steroid dienone is 1. The van der Waals surface area contributed by atoms with Crippen molar-refractivity contribution in [2.24, 2.45) is 5.41 Å². The molecule has 0 unspecified atom stereocenters. The number of anilines is 1. The van der Waals surface area contributed by atoms with Crippen LogP contribution in [0.25, 0.3) is 0 Å². The Morgan fingerprint density at radius 1 is 1.30 bits per heavy atom. The van der Waals surface area contributed by atoms with Gasteiger partial charge < -0.3 is 10.1 Å². The monoisotopic (exact) mass is 273 g/mol. The Balaban J connectivity index is 2.06. The second kappa shape index (κ2) is 6.34. The molecule has 2 heteroatoms. The molecule has 1 aromatic carbocycles. The van der Waals surface area contributed by atoms with Crippen LogP contribution in [0, 0.1) is 5.41 Å². The molecule has 110 valence electrons. The molecule has 2 nitrogen and oxygen atoms in total. The summed E-state index contributed by atoms with van der Waals surface area (Å²) in [7, 11) is 0. The molecule has 1 N–H and O–H groups in total. The van der Waals surface area contributed by atoms with Gasteiger partial charge in [-0.25, -0.2) is 0 Å². The van der Waals surface area contributed by atoms with Crippen LogP contribution >= 0.6 is 0 Å². The summed E-state index contributed by atoms with van der Waals surface area (Å²) in [5.41, 5.74) is 4.60. The Morgan fingerprint density at radius 2 is 2.10 bits per heavy atom. The molecule has 1 aliphatic rings. The highest BCUT2D eigenvalue weighted by atomic mass is 16.5. The first kappa shape index (κ1) is 15.0. The van der Waals surface area contributed by atoms with E-state index in [1.165, 1.54) is 19.3 Å². The molecule has 0 radical (unpaired) electrons. The smallest absolute Gasteiger partial charge is 0.121 e. The minimum Gasteiger partial charge on any atom is -0.494 e. The molecule has 2 rings (SSSR count). The van der Waals surface area contributed by atoms with Gasteiger partial charge in [-0.1, -0.05) is 25.5 Å². The van der Waals surface area contributed by atoms with Gasteiger partial charge in [0.1, 0.15) is 5.75 Å². The molecular weight excluding hydrogens is 246 g/mol. The number of nitrogens with one attached hydrogen (secondary N) is 1. The minimum atomic E-state index is 0.326. The molecule has 0 bridgehead atoms. The first-order chi connectivity index (χ1) is 9.53. The number of rotatable bonds is 5. The van der Waals surface area contributed by atoms with Crippen LogP contribution in [0.5, 0.6) is 5.75 Å². The molecule has 0 saturated heterocycles. The zero-order valence-electron chi connectivity index (χ0n) is 13.3. The zero-order valence-corrected chi connectivity index (χ0v) is 13.3. The van der Waals surface area contributed by atoms with E-state index >= 15 is 0 Å². The fourth-order valence-electron chi connectivity index (χ4n) is 3.12. The van der Waals surface area contributed by atoms with Crippen LogP contribution in [-0.4, -0.2) is 13.2 Å². The van der Waals surface area contributed by atoms with Crippen molar-refractivity contribution in [2.45, 2.75) is 47.0 Å². The summed E-state index contributed by atoms with van der Waals surface area (Å²) in [6, 6.07) is 8.23.